The molecule has 0 saturated carbocycles. The van der Waals surface area contributed by atoms with Gasteiger partial charge in [0.05, 0.1) is 24.3 Å². The van der Waals surface area contributed by atoms with Crippen molar-refractivity contribution in [2.75, 3.05) is 38.6 Å². The number of thioether (sulfide) groups is 1. The van der Waals surface area contributed by atoms with Crippen molar-refractivity contribution < 1.29 is 4.74 Å². The second-order valence-corrected chi connectivity index (χ2v) is 9.46. The van der Waals surface area contributed by atoms with Gasteiger partial charge in [0.25, 0.3) is 5.56 Å². The van der Waals surface area contributed by atoms with Gasteiger partial charge in [0.15, 0.2) is 5.16 Å². The number of hydrogen-bond donors (Lipinski definition) is 0. The van der Waals surface area contributed by atoms with Crippen LogP contribution >= 0.6 is 23.1 Å². The normalized spacial score (nSPS) is 14.8. The molecule has 0 unspecified atom stereocenters. The minimum atomic E-state index is -0.0106. The number of fused-ring (bicyclic) bond motifs is 1. The molecule has 4 aromatic rings. The van der Waals surface area contributed by atoms with Crippen molar-refractivity contribution in [1.29, 1.82) is 0 Å². The van der Waals surface area contributed by atoms with Gasteiger partial charge in [-0.3, -0.25) is 14.3 Å². The number of aromatic nitrogens is 2. The summed E-state index contributed by atoms with van der Waals surface area (Å²) in [5.41, 5.74) is 1.95. The minimum Gasteiger partial charge on any atom is -0.379 e. The van der Waals surface area contributed by atoms with Crippen molar-refractivity contribution in [3.8, 4) is 16.1 Å². The van der Waals surface area contributed by atoms with Gasteiger partial charge < -0.3 is 4.74 Å². The van der Waals surface area contributed by atoms with Crippen LogP contribution < -0.4 is 5.56 Å². The Bertz CT molecular complexity index is 1220. The highest BCUT2D eigenvalue weighted by atomic mass is 32.2. The largest absolute Gasteiger partial charge is 0.379 e. The Morgan fingerprint density at radius 1 is 1.00 bits per heavy atom. The van der Waals surface area contributed by atoms with Crippen molar-refractivity contribution in [2.45, 2.75) is 5.16 Å². The fourth-order valence-electron chi connectivity index (χ4n) is 3.70. The zero-order chi connectivity index (χ0) is 21.0. The molecule has 3 heterocycles. The Balaban J connectivity index is 1.52. The molecule has 0 amide bonds. The maximum atomic E-state index is 13.5. The minimum absolute atomic E-state index is 0.0106. The first-order valence-electron chi connectivity index (χ1n) is 10.4. The third kappa shape index (κ3) is 4.45. The average molecular weight is 450 g/mol. The van der Waals surface area contributed by atoms with Crippen LogP contribution in [-0.4, -0.2) is 53.1 Å². The molecular formula is C24H23N3O2S2. The molecule has 0 atom stereocenters. The van der Waals surface area contributed by atoms with E-state index in [0.29, 0.717) is 5.39 Å². The summed E-state index contributed by atoms with van der Waals surface area (Å²) in [5.74, 6) is 0.877. The Morgan fingerprint density at radius 3 is 2.45 bits per heavy atom. The molecule has 1 saturated heterocycles. The number of thiophene rings is 1. The first-order chi connectivity index (χ1) is 15.3. The topological polar surface area (TPSA) is 47.4 Å². The van der Waals surface area contributed by atoms with E-state index in [9.17, 15) is 4.79 Å². The molecule has 0 N–H and O–H groups in total. The molecule has 2 aromatic heterocycles. The molecule has 1 fully saturated rings. The number of para-hydroxylation sites is 1. The van der Waals surface area contributed by atoms with E-state index < -0.39 is 0 Å². The van der Waals surface area contributed by atoms with Gasteiger partial charge in [0, 0.05) is 30.3 Å². The molecule has 5 rings (SSSR count). The third-order valence-corrected chi connectivity index (χ3v) is 7.35. The predicted molar refractivity (Wildman–Crippen MR) is 129 cm³/mol. The van der Waals surface area contributed by atoms with Crippen molar-refractivity contribution in [2.24, 2.45) is 0 Å². The van der Waals surface area contributed by atoms with Crippen molar-refractivity contribution in [1.82, 2.24) is 14.5 Å². The number of morpholine rings is 1. The van der Waals surface area contributed by atoms with Crippen molar-refractivity contribution in [3.05, 3.63) is 77.1 Å². The Hall–Kier alpha value is -2.45. The van der Waals surface area contributed by atoms with Gasteiger partial charge in [-0.1, -0.05) is 60.3 Å². The maximum absolute atomic E-state index is 13.5. The molecule has 0 spiro atoms. The lowest BCUT2D eigenvalue weighted by Crippen LogP contribution is -2.37. The standard InChI is InChI=1S/C24H23N3O2S2/c28-23-20-17-21(18-7-3-1-4-8-18)31-22(20)25-24(27(23)19-9-5-2-6-10-19)30-16-13-26-11-14-29-15-12-26/h1-10,17H,11-16H2. The summed E-state index contributed by atoms with van der Waals surface area (Å²) in [6.07, 6.45) is 0. The molecule has 0 radical (unpaired) electrons. The quantitative estimate of drug-likeness (QED) is 0.320. The van der Waals surface area contributed by atoms with E-state index in [1.807, 2.05) is 54.6 Å². The van der Waals surface area contributed by atoms with Crippen molar-refractivity contribution in [3.63, 3.8) is 0 Å². The lowest BCUT2D eigenvalue weighted by molar-refractivity contribution is 0.0410. The van der Waals surface area contributed by atoms with Crippen LogP contribution in [-0.2, 0) is 4.74 Å². The number of ether oxygens (including phenoxy) is 1. The smallest absolute Gasteiger partial charge is 0.267 e. The van der Waals surface area contributed by atoms with Crippen LogP contribution in [0.1, 0.15) is 0 Å². The predicted octanol–water partition coefficient (Wildman–Crippen LogP) is 4.54. The number of rotatable bonds is 6. The second kappa shape index (κ2) is 9.36. The van der Waals surface area contributed by atoms with E-state index in [1.165, 1.54) is 0 Å². The van der Waals surface area contributed by atoms with Crippen LogP contribution in [0, 0.1) is 0 Å². The average Bonchev–Trinajstić information content (AvgIpc) is 3.26. The summed E-state index contributed by atoms with van der Waals surface area (Å²) in [6.45, 7) is 4.46. The molecule has 5 nitrogen and oxygen atoms in total. The van der Waals surface area contributed by atoms with Gasteiger partial charge in [0.2, 0.25) is 0 Å². The molecular weight excluding hydrogens is 426 g/mol. The van der Waals surface area contributed by atoms with Gasteiger partial charge >= 0.3 is 0 Å². The van der Waals surface area contributed by atoms with Gasteiger partial charge in [-0.2, -0.15) is 0 Å². The highest BCUT2D eigenvalue weighted by Gasteiger charge is 2.17. The monoisotopic (exact) mass is 449 g/mol. The van der Waals surface area contributed by atoms with Crippen LogP contribution in [0.25, 0.3) is 26.3 Å². The van der Waals surface area contributed by atoms with E-state index in [2.05, 4.69) is 17.0 Å². The van der Waals surface area contributed by atoms with Crippen LogP contribution in [0.3, 0.4) is 0 Å². The zero-order valence-electron chi connectivity index (χ0n) is 17.1. The first-order valence-corrected chi connectivity index (χ1v) is 12.2. The van der Waals surface area contributed by atoms with E-state index in [1.54, 1.807) is 27.7 Å². The molecule has 158 valence electrons. The molecule has 7 heteroatoms. The Kier molecular flexibility index (Phi) is 6.18. The molecule has 2 aromatic carbocycles. The van der Waals surface area contributed by atoms with Crippen LogP contribution in [0.2, 0.25) is 0 Å². The summed E-state index contributed by atoms with van der Waals surface area (Å²) >= 11 is 3.23. The molecule has 1 aliphatic rings. The SMILES string of the molecule is O=c1c2cc(-c3ccccc3)sc2nc(SCCN2CCOCC2)n1-c1ccccc1. The maximum Gasteiger partial charge on any atom is 0.267 e. The summed E-state index contributed by atoms with van der Waals surface area (Å²) in [6, 6.07) is 21.9. The second-order valence-electron chi connectivity index (χ2n) is 7.37. The van der Waals surface area contributed by atoms with Gasteiger partial charge in [-0.15, -0.1) is 11.3 Å². The van der Waals surface area contributed by atoms with E-state index in [0.717, 1.165) is 64.7 Å². The lowest BCUT2D eigenvalue weighted by atomic mass is 10.2. The fourth-order valence-corrected chi connectivity index (χ4v) is 5.79. The highest BCUT2D eigenvalue weighted by Crippen LogP contribution is 2.32. The van der Waals surface area contributed by atoms with Gasteiger partial charge in [-0.25, -0.2) is 4.98 Å². The van der Waals surface area contributed by atoms with Gasteiger partial charge in [0.1, 0.15) is 4.83 Å². The molecule has 0 aliphatic carbocycles. The van der Waals surface area contributed by atoms with Crippen LogP contribution in [0.15, 0.2) is 76.7 Å². The summed E-state index contributed by atoms with van der Waals surface area (Å²) < 4.78 is 7.20. The Labute approximate surface area is 189 Å². The van der Waals surface area contributed by atoms with E-state index >= 15 is 0 Å². The number of benzene rings is 2. The fraction of sp³-hybridized carbons (Fsp3) is 0.250. The van der Waals surface area contributed by atoms with Crippen molar-refractivity contribution >= 4 is 33.3 Å². The third-order valence-electron chi connectivity index (χ3n) is 5.35. The van der Waals surface area contributed by atoms with Gasteiger partial charge in [-0.05, 0) is 23.8 Å². The number of nitrogens with zero attached hydrogens (tertiary/aromatic N) is 3. The summed E-state index contributed by atoms with van der Waals surface area (Å²) in [5, 5.41) is 1.42. The number of hydrogen-bond acceptors (Lipinski definition) is 6. The van der Waals surface area contributed by atoms with Crippen LogP contribution in [0.4, 0.5) is 0 Å². The summed E-state index contributed by atoms with van der Waals surface area (Å²) in [7, 11) is 0. The highest BCUT2D eigenvalue weighted by molar-refractivity contribution is 7.99. The molecule has 1 aliphatic heterocycles. The zero-order valence-corrected chi connectivity index (χ0v) is 18.7. The first kappa shape index (κ1) is 20.5. The molecule has 31 heavy (non-hydrogen) atoms. The molecule has 0 bridgehead atoms. The van der Waals surface area contributed by atoms with E-state index in [-0.39, 0.29) is 5.56 Å². The summed E-state index contributed by atoms with van der Waals surface area (Å²) in [4.78, 5) is 22.8. The lowest BCUT2D eigenvalue weighted by Gasteiger charge is -2.26. The van der Waals surface area contributed by atoms with E-state index in [4.69, 9.17) is 9.72 Å². The Morgan fingerprint density at radius 2 is 1.71 bits per heavy atom. The van der Waals surface area contributed by atoms with Crippen LogP contribution in [0.5, 0.6) is 0 Å².